The van der Waals surface area contributed by atoms with Crippen LogP contribution in [-0.4, -0.2) is 33.1 Å². The summed E-state index contributed by atoms with van der Waals surface area (Å²) in [7, 11) is 1.84. The van der Waals surface area contributed by atoms with E-state index >= 15 is 0 Å². The average Bonchev–Trinajstić information content (AvgIpc) is 3.22. The van der Waals surface area contributed by atoms with E-state index in [1.54, 1.807) is 15.8 Å². The smallest absolute Gasteiger partial charge is 0.229 e. The number of carbonyl (C=O) groups excluding carboxylic acids is 2. The molecule has 2 amide bonds. The van der Waals surface area contributed by atoms with Gasteiger partial charge in [0.1, 0.15) is 0 Å². The Morgan fingerprint density at radius 2 is 2.04 bits per heavy atom. The molecule has 1 aromatic carbocycles. The number of rotatable bonds is 4. The van der Waals surface area contributed by atoms with Gasteiger partial charge in [-0.1, -0.05) is 19.1 Å². The van der Waals surface area contributed by atoms with E-state index in [0.29, 0.717) is 12.2 Å². The molecule has 1 N–H and O–H groups in total. The second-order valence-corrected chi connectivity index (χ2v) is 7.22. The van der Waals surface area contributed by atoms with Crippen LogP contribution in [0.15, 0.2) is 36.5 Å². The van der Waals surface area contributed by atoms with Gasteiger partial charge in [0.25, 0.3) is 0 Å². The van der Waals surface area contributed by atoms with Gasteiger partial charge in [0.2, 0.25) is 11.8 Å². The maximum Gasteiger partial charge on any atom is 0.229 e. The van der Waals surface area contributed by atoms with Gasteiger partial charge in [0.15, 0.2) is 5.65 Å². The molecule has 0 saturated carbocycles. The molecule has 0 aliphatic carbocycles. The van der Waals surface area contributed by atoms with E-state index in [9.17, 15) is 9.59 Å². The van der Waals surface area contributed by atoms with Gasteiger partial charge >= 0.3 is 0 Å². The van der Waals surface area contributed by atoms with E-state index in [-0.39, 0.29) is 24.2 Å². The number of anilines is 2. The summed E-state index contributed by atoms with van der Waals surface area (Å²) in [5, 5.41) is 8.15. The number of nitrogens with one attached hydrogen (secondary N) is 1. The average molecular weight is 377 g/mol. The fraction of sp³-hybridized carbons (Fsp3) is 0.333. The molecule has 0 radical (unpaired) electrons. The predicted molar refractivity (Wildman–Crippen MR) is 108 cm³/mol. The van der Waals surface area contributed by atoms with Crippen molar-refractivity contribution >= 4 is 34.2 Å². The Kier molecular flexibility index (Phi) is 4.58. The second-order valence-electron chi connectivity index (χ2n) is 7.22. The number of pyridine rings is 1. The highest BCUT2D eigenvalue weighted by atomic mass is 16.2. The third-order valence-corrected chi connectivity index (χ3v) is 5.28. The molecule has 1 aliphatic rings. The molecule has 144 valence electrons. The van der Waals surface area contributed by atoms with Crippen molar-refractivity contribution in [3.63, 3.8) is 0 Å². The number of aromatic nitrogens is 3. The lowest BCUT2D eigenvalue weighted by Crippen LogP contribution is -2.28. The second kappa shape index (κ2) is 7.07. The molecule has 3 aromatic rings. The fourth-order valence-corrected chi connectivity index (χ4v) is 3.66. The monoisotopic (exact) mass is 377 g/mol. The third kappa shape index (κ3) is 3.24. The summed E-state index contributed by atoms with van der Waals surface area (Å²) in [6.45, 7) is 4.39. The van der Waals surface area contributed by atoms with E-state index < -0.39 is 0 Å². The lowest BCUT2D eigenvalue weighted by atomic mass is 10.1. The molecule has 4 rings (SSSR count). The van der Waals surface area contributed by atoms with Crippen molar-refractivity contribution in [1.29, 1.82) is 0 Å². The number of amides is 2. The first-order chi connectivity index (χ1) is 13.5. The van der Waals surface area contributed by atoms with Crippen LogP contribution in [0.3, 0.4) is 0 Å². The Bertz CT molecular complexity index is 1050. The van der Waals surface area contributed by atoms with Crippen molar-refractivity contribution in [2.75, 3.05) is 16.8 Å². The number of nitrogens with zero attached hydrogens (tertiary/aromatic N) is 4. The number of carbonyl (C=O) groups is 2. The molecule has 3 heterocycles. The van der Waals surface area contributed by atoms with Crippen LogP contribution in [0.25, 0.3) is 11.0 Å². The van der Waals surface area contributed by atoms with Gasteiger partial charge in [0, 0.05) is 31.1 Å². The lowest BCUT2D eigenvalue weighted by molar-refractivity contribution is -0.122. The molecule has 1 aliphatic heterocycles. The van der Waals surface area contributed by atoms with Gasteiger partial charge in [-0.15, -0.1) is 0 Å². The van der Waals surface area contributed by atoms with E-state index in [1.807, 2.05) is 44.3 Å². The molecule has 0 bridgehead atoms. The van der Waals surface area contributed by atoms with E-state index in [4.69, 9.17) is 0 Å². The Hall–Kier alpha value is -3.22. The minimum absolute atomic E-state index is 0.0268. The summed E-state index contributed by atoms with van der Waals surface area (Å²) in [5.74, 6) is -0.575. The van der Waals surface area contributed by atoms with Gasteiger partial charge < -0.3 is 10.2 Å². The molecule has 7 heteroatoms. The van der Waals surface area contributed by atoms with E-state index in [2.05, 4.69) is 22.3 Å². The first-order valence-corrected chi connectivity index (χ1v) is 9.45. The summed E-state index contributed by atoms with van der Waals surface area (Å²) in [5.41, 5.74) is 4.31. The molecule has 1 saturated heterocycles. The number of benzene rings is 1. The lowest BCUT2D eigenvalue weighted by Gasteiger charge is -2.17. The number of hydrogen-bond acceptors (Lipinski definition) is 4. The fourth-order valence-electron chi connectivity index (χ4n) is 3.66. The van der Waals surface area contributed by atoms with Crippen LogP contribution in [-0.2, 0) is 23.1 Å². The summed E-state index contributed by atoms with van der Waals surface area (Å²) < 4.78 is 1.72. The van der Waals surface area contributed by atoms with E-state index in [1.165, 1.54) is 5.56 Å². The molecular weight excluding hydrogens is 354 g/mol. The largest absolute Gasteiger partial charge is 0.324 e. The SMILES string of the molecule is CCc1ccc(N2CC(C(=O)Nc3cnc4c(c3)c(C)nn4C)CC2=O)cc1. The quantitative estimate of drug-likeness (QED) is 0.758. The Morgan fingerprint density at radius 3 is 2.75 bits per heavy atom. The first kappa shape index (κ1) is 18.2. The van der Waals surface area contributed by atoms with Crippen LogP contribution in [0.2, 0.25) is 0 Å². The van der Waals surface area contributed by atoms with Crippen molar-refractivity contribution in [2.24, 2.45) is 13.0 Å². The molecule has 1 fully saturated rings. The van der Waals surface area contributed by atoms with Crippen LogP contribution < -0.4 is 10.2 Å². The Labute approximate surface area is 163 Å². The van der Waals surface area contributed by atoms with Crippen LogP contribution in [0.1, 0.15) is 24.6 Å². The standard InChI is InChI=1S/C21H23N5O2/c1-4-14-5-7-17(8-6-14)26-12-15(9-19(26)27)21(28)23-16-10-18-13(2)24-25(3)20(18)22-11-16/h5-8,10-11,15H,4,9,12H2,1-3H3,(H,23,28). The van der Waals surface area contributed by atoms with Gasteiger partial charge in [-0.25, -0.2) is 4.98 Å². The highest BCUT2D eigenvalue weighted by Crippen LogP contribution is 2.27. The molecule has 0 spiro atoms. The molecule has 1 atom stereocenters. The number of fused-ring (bicyclic) bond motifs is 1. The summed E-state index contributed by atoms with van der Waals surface area (Å²) in [4.78, 5) is 31.2. The minimum atomic E-state index is -0.385. The molecule has 28 heavy (non-hydrogen) atoms. The topological polar surface area (TPSA) is 80.1 Å². The normalized spacial score (nSPS) is 16.8. The first-order valence-electron chi connectivity index (χ1n) is 9.45. The zero-order chi connectivity index (χ0) is 19.8. The van der Waals surface area contributed by atoms with Crippen molar-refractivity contribution in [3.8, 4) is 0 Å². The minimum Gasteiger partial charge on any atom is -0.324 e. The zero-order valence-electron chi connectivity index (χ0n) is 16.3. The molecule has 1 unspecified atom stereocenters. The van der Waals surface area contributed by atoms with Crippen molar-refractivity contribution in [3.05, 3.63) is 47.8 Å². The van der Waals surface area contributed by atoms with Crippen molar-refractivity contribution < 1.29 is 9.59 Å². The van der Waals surface area contributed by atoms with Crippen LogP contribution in [0.4, 0.5) is 11.4 Å². The predicted octanol–water partition coefficient (Wildman–Crippen LogP) is 2.83. The maximum absolute atomic E-state index is 12.7. The van der Waals surface area contributed by atoms with Crippen LogP contribution in [0.5, 0.6) is 0 Å². The summed E-state index contributed by atoms with van der Waals surface area (Å²) in [6, 6.07) is 9.81. The van der Waals surface area contributed by atoms with Gasteiger partial charge in [-0.05, 0) is 37.1 Å². The molecule has 7 nitrogen and oxygen atoms in total. The van der Waals surface area contributed by atoms with Gasteiger partial charge in [-0.3, -0.25) is 14.3 Å². The number of hydrogen-bond donors (Lipinski definition) is 1. The van der Waals surface area contributed by atoms with E-state index in [0.717, 1.165) is 28.8 Å². The summed E-state index contributed by atoms with van der Waals surface area (Å²) >= 11 is 0. The number of aryl methyl sites for hydroxylation is 3. The summed E-state index contributed by atoms with van der Waals surface area (Å²) in [6.07, 6.45) is 2.79. The Balaban J connectivity index is 1.48. The van der Waals surface area contributed by atoms with Crippen LogP contribution in [0, 0.1) is 12.8 Å². The maximum atomic E-state index is 12.7. The van der Waals surface area contributed by atoms with Crippen LogP contribution >= 0.6 is 0 Å². The molecule has 2 aromatic heterocycles. The van der Waals surface area contributed by atoms with Gasteiger partial charge in [0.05, 0.1) is 23.5 Å². The highest BCUT2D eigenvalue weighted by Gasteiger charge is 2.35. The van der Waals surface area contributed by atoms with Crippen molar-refractivity contribution in [2.45, 2.75) is 26.7 Å². The van der Waals surface area contributed by atoms with Crippen molar-refractivity contribution in [1.82, 2.24) is 14.8 Å². The Morgan fingerprint density at radius 1 is 1.29 bits per heavy atom. The van der Waals surface area contributed by atoms with Gasteiger partial charge in [-0.2, -0.15) is 5.10 Å². The highest BCUT2D eigenvalue weighted by molar-refractivity contribution is 6.03. The molecular formula is C21H23N5O2. The third-order valence-electron chi connectivity index (χ3n) is 5.28. The zero-order valence-corrected chi connectivity index (χ0v) is 16.3.